The van der Waals surface area contributed by atoms with E-state index in [1.807, 2.05) is 0 Å². The van der Waals surface area contributed by atoms with Crippen LogP contribution in [0.2, 0.25) is 0 Å². The van der Waals surface area contributed by atoms with Crippen molar-refractivity contribution in [1.29, 1.82) is 0 Å². The molecule has 0 radical (unpaired) electrons. The SMILES string of the molecule is CCc1ccccc1CNC1CCOCC1. The van der Waals surface area contributed by atoms with Crippen LogP contribution in [-0.4, -0.2) is 19.3 Å². The van der Waals surface area contributed by atoms with E-state index in [0.29, 0.717) is 6.04 Å². The molecular weight excluding hydrogens is 198 g/mol. The molecule has 0 unspecified atom stereocenters. The molecule has 0 spiro atoms. The first kappa shape index (κ1) is 11.6. The molecular formula is C14H21NO. The van der Waals surface area contributed by atoms with Gasteiger partial charge in [0, 0.05) is 25.8 Å². The first-order valence-corrected chi connectivity index (χ1v) is 6.28. The average molecular weight is 219 g/mol. The average Bonchev–Trinajstić information content (AvgIpc) is 2.38. The molecule has 0 aliphatic carbocycles. The summed E-state index contributed by atoms with van der Waals surface area (Å²) >= 11 is 0. The van der Waals surface area contributed by atoms with Gasteiger partial charge in [-0.05, 0) is 30.4 Å². The van der Waals surface area contributed by atoms with E-state index in [-0.39, 0.29) is 0 Å². The van der Waals surface area contributed by atoms with Crippen molar-refractivity contribution in [2.45, 2.75) is 38.8 Å². The van der Waals surface area contributed by atoms with Gasteiger partial charge in [0.05, 0.1) is 0 Å². The van der Waals surface area contributed by atoms with Crippen LogP contribution in [0.15, 0.2) is 24.3 Å². The van der Waals surface area contributed by atoms with Crippen molar-refractivity contribution >= 4 is 0 Å². The van der Waals surface area contributed by atoms with Crippen LogP contribution in [-0.2, 0) is 17.7 Å². The molecule has 88 valence electrons. The van der Waals surface area contributed by atoms with Crippen LogP contribution in [0.5, 0.6) is 0 Å². The quantitative estimate of drug-likeness (QED) is 0.840. The fourth-order valence-electron chi connectivity index (χ4n) is 2.23. The Labute approximate surface area is 98.0 Å². The van der Waals surface area contributed by atoms with Gasteiger partial charge in [-0.2, -0.15) is 0 Å². The second-order valence-corrected chi connectivity index (χ2v) is 4.39. The topological polar surface area (TPSA) is 21.3 Å². The Morgan fingerprint density at radius 2 is 1.88 bits per heavy atom. The molecule has 0 bridgehead atoms. The largest absolute Gasteiger partial charge is 0.381 e. The molecule has 1 heterocycles. The number of aryl methyl sites for hydroxylation is 1. The molecule has 1 saturated heterocycles. The van der Waals surface area contributed by atoms with Gasteiger partial charge < -0.3 is 10.1 Å². The first-order valence-electron chi connectivity index (χ1n) is 6.28. The van der Waals surface area contributed by atoms with Gasteiger partial charge in [-0.1, -0.05) is 31.2 Å². The molecule has 0 amide bonds. The van der Waals surface area contributed by atoms with Crippen molar-refractivity contribution in [2.75, 3.05) is 13.2 Å². The van der Waals surface area contributed by atoms with Crippen LogP contribution in [0.25, 0.3) is 0 Å². The third kappa shape index (κ3) is 3.06. The minimum atomic E-state index is 0.638. The fourth-order valence-corrected chi connectivity index (χ4v) is 2.23. The zero-order valence-electron chi connectivity index (χ0n) is 10.0. The van der Waals surface area contributed by atoms with Crippen molar-refractivity contribution < 1.29 is 4.74 Å². The Balaban J connectivity index is 1.88. The van der Waals surface area contributed by atoms with Crippen LogP contribution in [0.3, 0.4) is 0 Å². The molecule has 1 aliphatic heterocycles. The van der Waals surface area contributed by atoms with Crippen LogP contribution < -0.4 is 5.32 Å². The van der Waals surface area contributed by atoms with E-state index in [1.165, 1.54) is 11.1 Å². The molecule has 0 saturated carbocycles. The molecule has 0 atom stereocenters. The lowest BCUT2D eigenvalue weighted by molar-refractivity contribution is 0.0776. The Bertz CT molecular complexity index is 318. The van der Waals surface area contributed by atoms with Gasteiger partial charge in [0.2, 0.25) is 0 Å². The summed E-state index contributed by atoms with van der Waals surface area (Å²) in [5, 5.41) is 3.63. The summed E-state index contributed by atoms with van der Waals surface area (Å²) in [4.78, 5) is 0. The minimum Gasteiger partial charge on any atom is -0.381 e. The molecule has 1 aromatic rings. The summed E-state index contributed by atoms with van der Waals surface area (Å²) < 4.78 is 5.36. The Morgan fingerprint density at radius 1 is 1.19 bits per heavy atom. The van der Waals surface area contributed by atoms with Crippen molar-refractivity contribution in [1.82, 2.24) is 5.32 Å². The van der Waals surface area contributed by atoms with Crippen molar-refractivity contribution in [3.8, 4) is 0 Å². The zero-order valence-corrected chi connectivity index (χ0v) is 10.0. The van der Waals surface area contributed by atoms with Crippen molar-refractivity contribution in [3.05, 3.63) is 35.4 Å². The van der Waals surface area contributed by atoms with Gasteiger partial charge in [0.25, 0.3) is 0 Å². The number of benzene rings is 1. The monoisotopic (exact) mass is 219 g/mol. The number of hydrogen-bond donors (Lipinski definition) is 1. The van der Waals surface area contributed by atoms with Crippen LogP contribution in [0, 0.1) is 0 Å². The summed E-state index contributed by atoms with van der Waals surface area (Å²) in [6, 6.07) is 9.34. The second kappa shape index (κ2) is 6.02. The van der Waals surface area contributed by atoms with Crippen LogP contribution in [0.1, 0.15) is 30.9 Å². The van der Waals surface area contributed by atoms with Gasteiger partial charge in [0.15, 0.2) is 0 Å². The summed E-state index contributed by atoms with van der Waals surface area (Å²) in [6.45, 7) is 5.03. The normalized spacial score (nSPS) is 17.6. The molecule has 1 aromatic carbocycles. The Morgan fingerprint density at radius 3 is 2.56 bits per heavy atom. The summed E-state index contributed by atoms with van der Waals surface area (Å²) in [6.07, 6.45) is 3.41. The number of nitrogens with one attached hydrogen (secondary N) is 1. The number of ether oxygens (including phenoxy) is 1. The van der Waals surface area contributed by atoms with Crippen LogP contribution in [0.4, 0.5) is 0 Å². The van der Waals surface area contributed by atoms with E-state index < -0.39 is 0 Å². The van der Waals surface area contributed by atoms with Gasteiger partial charge in [-0.15, -0.1) is 0 Å². The zero-order chi connectivity index (χ0) is 11.2. The lowest BCUT2D eigenvalue weighted by Gasteiger charge is -2.23. The first-order chi connectivity index (χ1) is 7.90. The summed E-state index contributed by atoms with van der Waals surface area (Å²) in [5.41, 5.74) is 2.90. The summed E-state index contributed by atoms with van der Waals surface area (Å²) in [5.74, 6) is 0. The Kier molecular flexibility index (Phi) is 4.37. The highest BCUT2D eigenvalue weighted by molar-refractivity contribution is 5.26. The molecule has 1 N–H and O–H groups in total. The maximum absolute atomic E-state index is 5.36. The minimum absolute atomic E-state index is 0.638. The van der Waals surface area contributed by atoms with E-state index in [2.05, 4.69) is 36.5 Å². The second-order valence-electron chi connectivity index (χ2n) is 4.39. The maximum Gasteiger partial charge on any atom is 0.0480 e. The molecule has 1 fully saturated rings. The highest BCUT2D eigenvalue weighted by Gasteiger charge is 2.12. The van der Waals surface area contributed by atoms with E-state index in [0.717, 1.165) is 39.0 Å². The Hall–Kier alpha value is -0.860. The maximum atomic E-state index is 5.36. The number of rotatable bonds is 4. The highest BCUT2D eigenvalue weighted by atomic mass is 16.5. The molecule has 1 aliphatic rings. The highest BCUT2D eigenvalue weighted by Crippen LogP contribution is 2.11. The third-order valence-electron chi connectivity index (χ3n) is 3.30. The molecule has 2 rings (SSSR count). The van der Waals surface area contributed by atoms with Gasteiger partial charge in [-0.3, -0.25) is 0 Å². The van der Waals surface area contributed by atoms with E-state index in [4.69, 9.17) is 4.74 Å². The third-order valence-corrected chi connectivity index (χ3v) is 3.30. The van der Waals surface area contributed by atoms with E-state index in [9.17, 15) is 0 Å². The lowest BCUT2D eigenvalue weighted by Crippen LogP contribution is -2.34. The predicted octanol–water partition coefficient (Wildman–Crippen LogP) is 2.52. The standard InChI is InChI=1S/C14H21NO/c1-2-12-5-3-4-6-13(12)11-15-14-7-9-16-10-8-14/h3-6,14-15H,2,7-11H2,1H3. The molecule has 16 heavy (non-hydrogen) atoms. The van der Waals surface area contributed by atoms with Gasteiger partial charge in [-0.25, -0.2) is 0 Å². The van der Waals surface area contributed by atoms with E-state index in [1.54, 1.807) is 0 Å². The molecule has 0 aromatic heterocycles. The lowest BCUT2D eigenvalue weighted by atomic mass is 10.0. The number of hydrogen-bond acceptors (Lipinski definition) is 2. The van der Waals surface area contributed by atoms with Gasteiger partial charge in [0.1, 0.15) is 0 Å². The van der Waals surface area contributed by atoms with Crippen LogP contribution >= 0.6 is 0 Å². The van der Waals surface area contributed by atoms with Gasteiger partial charge >= 0.3 is 0 Å². The predicted molar refractivity (Wildman–Crippen MR) is 66.5 cm³/mol. The molecule has 2 nitrogen and oxygen atoms in total. The van der Waals surface area contributed by atoms with Crippen molar-refractivity contribution in [3.63, 3.8) is 0 Å². The fraction of sp³-hybridized carbons (Fsp3) is 0.571. The smallest absolute Gasteiger partial charge is 0.0480 e. The van der Waals surface area contributed by atoms with E-state index >= 15 is 0 Å². The summed E-state index contributed by atoms with van der Waals surface area (Å²) in [7, 11) is 0. The molecule has 2 heteroatoms. The van der Waals surface area contributed by atoms with Crippen molar-refractivity contribution in [2.24, 2.45) is 0 Å².